The van der Waals surface area contributed by atoms with Crippen LogP contribution in [0.1, 0.15) is 42.1 Å². The van der Waals surface area contributed by atoms with Crippen LogP contribution in [-0.4, -0.2) is 38.2 Å². The molecule has 2 aromatic rings. The number of methoxy groups -OCH3 is 1. The van der Waals surface area contributed by atoms with Crippen LogP contribution in [0.25, 0.3) is 0 Å². The third-order valence-electron chi connectivity index (χ3n) is 4.70. The van der Waals surface area contributed by atoms with Crippen molar-refractivity contribution in [3.8, 4) is 29.1 Å². The standard InChI is InChI=1S/C24H24O6/c1-4-5-19(13-24(26)27-3)17-6-9-20(10-7-17)28-14-21-15-29-22-11-8-18(16(2)25)12-23(22)30-21/h6-12,19,21H,13-15H2,1-3H3/t19-,21-/m0/s1. The van der Waals surface area contributed by atoms with Gasteiger partial charge < -0.3 is 18.9 Å². The number of carbonyl (C=O) groups excluding carboxylic acids is 2. The maximum absolute atomic E-state index is 11.6. The molecule has 1 aliphatic heterocycles. The summed E-state index contributed by atoms with van der Waals surface area (Å²) in [6.07, 6.45) is -0.0932. The van der Waals surface area contributed by atoms with E-state index in [1.165, 1.54) is 14.0 Å². The van der Waals surface area contributed by atoms with Gasteiger partial charge in [-0.15, -0.1) is 5.92 Å². The number of hydrogen-bond donors (Lipinski definition) is 0. The van der Waals surface area contributed by atoms with Crippen LogP contribution in [0.3, 0.4) is 0 Å². The van der Waals surface area contributed by atoms with Gasteiger partial charge in [0.15, 0.2) is 23.4 Å². The molecular weight excluding hydrogens is 384 g/mol. The number of Topliss-reactive ketones (excluding diaryl/α,β-unsaturated/α-hetero) is 1. The van der Waals surface area contributed by atoms with Crippen LogP contribution in [0.2, 0.25) is 0 Å². The minimum atomic E-state index is -0.300. The largest absolute Gasteiger partial charge is 0.490 e. The van der Waals surface area contributed by atoms with Crippen molar-refractivity contribution in [2.75, 3.05) is 20.3 Å². The number of ketones is 1. The molecule has 1 heterocycles. The molecule has 3 rings (SSSR count). The Hall–Kier alpha value is -3.46. The average molecular weight is 408 g/mol. The van der Waals surface area contributed by atoms with Crippen LogP contribution in [0.15, 0.2) is 42.5 Å². The van der Waals surface area contributed by atoms with Gasteiger partial charge in [-0.3, -0.25) is 9.59 Å². The van der Waals surface area contributed by atoms with E-state index in [4.69, 9.17) is 18.9 Å². The van der Waals surface area contributed by atoms with Gasteiger partial charge in [0.25, 0.3) is 0 Å². The van der Waals surface area contributed by atoms with E-state index in [1.54, 1.807) is 25.1 Å². The Morgan fingerprint density at radius 3 is 2.60 bits per heavy atom. The Balaban J connectivity index is 1.60. The van der Waals surface area contributed by atoms with Crippen LogP contribution >= 0.6 is 0 Å². The van der Waals surface area contributed by atoms with Gasteiger partial charge in [0.1, 0.15) is 19.0 Å². The van der Waals surface area contributed by atoms with Gasteiger partial charge in [-0.25, -0.2) is 0 Å². The molecule has 0 aliphatic carbocycles. The Morgan fingerprint density at radius 2 is 1.93 bits per heavy atom. The molecule has 0 saturated heterocycles. The highest BCUT2D eigenvalue weighted by Gasteiger charge is 2.22. The lowest BCUT2D eigenvalue weighted by Gasteiger charge is -2.26. The van der Waals surface area contributed by atoms with E-state index in [0.29, 0.717) is 36.0 Å². The van der Waals surface area contributed by atoms with Crippen molar-refractivity contribution < 1.29 is 28.5 Å². The molecule has 0 unspecified atom stereocenters. The van der Waals surface area contributed by atoms with Gasteiger partial charge >= 0.3 is 5.97 Å². The maximum Gasteiger partial charge on any atom is 0.307 e. The molecule has 6 heteroatoms. The summed E-state index contributed by atoms with van der Waals surface area (Å²) in [7, 11) is 1.37. The molecule has 0 bridgehead atoms. The monoisotopic (exact) mass is 408 g/mol. The molecule has 156 valence electrons. The molecule has 0 radical (unpaired) electrons. The highest BCUT2D eigenvalue weighted by molar-refractivity contribution is 5.94. The van der Waals surface area contributed by atoms with E-state index in [1.807, 2.05) is 24.3 Å². The van der Waals surface area contributed by atoms with Crippen molar-refractivity contribution in [1.82, 2.24) is 0 Å². The molecule has 0 fully saturated rings. The van der Waals surface area contributed by atoms with Gasteiger partial charge in [0.05, 0.1) is 19.4 Å². The fourth-order valence-electron chi connectivity index (χ4n) is 3.08. The zero-order chi connectivity index (χ0) is 21.5. The van der Waals surface area contributed by atoms with Crippen LogP contribution in [0.4, 0.5) is 0 Å². The minimum absolute atomic E-state index is 0.0295. The number of rotatable bonds is 7. The van der Waals surface area contributed by atoms with E-state index in [-0.39, 0.29) is 30.2 Å². The normalized spacial score (nSPS) is 15.4. The van der Waals surface area contributed by atoms with Crippen molar-refractivity contribution in [2.24, 2.45) is 0 Å². The van der Waals surface area contributed by atoms with Crippen molar-refractivity contribution >= 4 is 11.8 Å². The van der Waals surface area contributed by atoms with Crippen molar-refractivity contribution in [2.45, 2.75) is 32.3 Å². The molecule has 2 aromatic carbocycles. The maximum atomic E-state index is 11.6. The van der Waals surface area contributed by atoms with E-state index in [2.05, 4.69) is 11.8 Å². The Morgan fingerprint density at radius 1 is 1.17 bits per heavy atom. The van der Waals surface area contributed by atoms with Gasteiger partial charge in [-0.05, 0) is 49.7 Å². The van der Waals surface area contributed by atoms with E-state index >= 15 is 0 Å². The molecule has 6 nitrogen and oxygen atoms in total. The molecule has 0 N–H and O–H groups in total. The Kier molecular flexibility index (Phi) is 6.97. The predicted octanol–water partition coefficient (Wildman–Crippen LogP) is 3.78. The molecule has 30 heavy (non-hydrogen) atoms. The zero-order valence-electron chi connectivity index (χ0n) is 17.3. The number of benzene rings is 2. The number of hydrogen-bond acceptors (Lipinski definition) is 6. The number of esters is 1. The topological polar surface area (TPSA) is 71.1 Å². The molecule has 0 spiro atoms. The summed E-state index contributed by atoms with van der Waals surface area (Å²) in [5.41, 5.74) is 1.50. The average Bonchev–Trinajstić information content (AvgIpc) is 2.77. The molecule has 0 saturated carbocycles. The fourth-order valence-corrected chi connectivity index (χ4v) is 3.08. The first-order chi connectivity index (χ1) is 14.5. The van der Waals surface area contributed by atoms with Gasteiger partial charge in [-0.2, -0.15) is 0 Å². The first-order valence-corrected chi connectivity index (χ1v) is 9.66. The smallest absolute Gasteiger partial charge is 0.307 e. The van der Waals surface area contributed by atoms with Crippen LogP contribution in [0.5, 0.6) is 17.2 Å². The first kappa shape index (κ1) is 21.3. The van der Waals surface area contributed by atoms with Gasteiger partial charge in [0, 0.05) is 5.56 Å². The van der Waals surface area contributed by atoms with Crippen molar-refractivity contribution in [3.63, 3.8) is 0 Å². The second kappa shape index (κ2) is 9.84. The predicted molar refractivity (Wildman–Crippen MR) is 111 cm³/mol. The highest BCUT2D eigenvalue weighted by atomic mass is 16.6. The Bertz CT molecular complexity index is 967. The van der Waals surface area contributed by atoms with Crippen molar-refractivity contribution in [3.05, 3.63) is 53.6 Å². The summed E-state index contributed by atoms with van der Waals surface area (Å²) in [5, 5.41) is 0. The summed E-state index contributed by atoms with van der Waals surface area (Å²) in [6.45, 7) is 3.91. The second-order valence-corrected chi connectivity index (χ2v) is 6.88. The molecule has 2 atom stereocenters. The summed E-state index contributed by atoms with van der Waals surface area (Å²) < 4.78 is 22.2. The summed E-state index contributed by atoms with van der Waals surface area (Å²) in [4.78, 5) is 23.2. The number of ether oxygens (including phenoxy) is 4. The third kappa shape index (κ3) is 5.32. The SMILES string of the molecule is CC#C[C@@H](CC(=O)OC)c1ccc(OC[C@H]2COc3ccc(C(C)=O)cc3O2)cc1. The lowest BCUT2D eigenvalue weighted by molar-refractivity contribution is -0.140. The van der Waals surface area contributed by atoms with E-state index in [9.17, 15) is 9.59 Å². The second-order valence-electron chi connectivity index (χ2n) is 6.88. The fraction of sp³-hybridized carbons (Fsp3) is 0.333. The zero-order valence-corrected chi connectivity index (χ0v) is 17.3. The first-order valence-electron chi connectivity index (χ1n) is 9.66. The quantitative estimate of drug-likeness (QED) is 0.395. The summed E-state index contributed by atoms with van der Waals surface area (Å²) >= 11 is 0. The molecular formula is C24H24O6. The van der Waals surface area contributed by atoms with Crippen LogP contribution < -0.4 is 14.2 Å². The van der Waals surface area contributed by atoms with Gasteiger partial charge in [0.2, 0.25) is 0 Å². The highest BCUT2D eigenvalue weighted by Crippen LogP contribution is 2.33. The van der Waals surface area contributed by atoms with Crippen LogP contribution in [-0.2, 0) is 9.53 Å². The van der Waals surface area contributed by atoms with Gasteiger partial charge in [-0.1, -0.05) is 18.1 Å². The third-order valence-corrected chi connectivity index (χ3v) is 4.70. The molecule has 0 aromatic heterocycles. The van der Waals surface area contributed by atoms with Crippen LogP contribution in [0, 0.1) is 11.8 Å². The molecule has 1 aliphatic rings. The Labute approximate surface area is 176 Å². The lowest BCUT2D eigenvalue weighted by Crippen LogP contribution is -2.34. The minimum Gasteiger partial charge on any atom is -0.490 e. The summed E-state index contributed by atoms with van der Waals surface area (Å²) in [6, 6.07) is 12.6. The lowest BCUT2D eigenvalue weighted by atomic mass is 9.96. The van der Waals surface area contributed by atoms with Crippen molar-refractivity contribution in [1.29, 1.82) is 0 Å². The van der Waals surface area contributed by atoms with E-state index in [0.717, 1.165) is 5.56 Å². The number of carbonyl (C=O) groups is 2. The van der Waals surface area contributed by atoms with E-state index < -0.39 is 0 Å². The summed E-state index contributed by atoms with van der Waals surface area (Å²) in [5.74, 6) is 7.18. The number of fused-ring (bicyclic) bond motifs is 1. The molecule has 0 amide bonds.